The lowest BCUT2D eigenvalue weighted by Gasteiger charge is -2.03. The number of hydrogen-bond donors (Lipinski definition) is 3. The first-order valence-corrected chi connectivity index (χ1v) is 7.96. The minimum Gasteiger partial charge on any atom is -0.469 e. The van der Waals surface area contributed by atoms with Gasteiger partial charge in [-0.05, 0) is 24.3 Å². The van der Waals surface area contributed by atoms with Crippen molar-refractivity contribution >= 4 is 28.3 Å². The summed E-state index contributed by atoms with van der Waals surface area (Å²) < 4.78 is 10.7. The van der Waals surface area contributed by atoms with E-state index in [9.17, 15) is 9.59 Å². The highest BCUT2D eigenvalue weighted by atomic mass is 32.1. The summed E-state index contributed by atoms with van der Waals surface area (Å²) in [6.07, 6.45) is 3.17. The lowest BCUT2D eigenvalue weighted by atomic mass is 10.2. The Morgan fingerprint density at radius 3 is 2.72 bits per heavy atom. The minimum atomic E-state index is -0.768. The van der Waals surface area contributed by atoms with Gasteiger partial charge in [-0.15, -0.1) is 11.3 Å². The third-order valence-electron chi connectivity index (χ3n) is 3.20. The maximum Gasteiger partial charge on any atom is 0.317 e. The first-order valence-electron chi connectivity index (χ1n) is 7.14. The van der Waals surface area contributed by atoms with Crippen molar-refractivity contribution in [1.82, 2.24) is 4.98 Å². The van der Waals surface area contributed by atoms with E-state index in [1.807, 2.05) is 0 Å². The minimum absolute atomic E-state index is 0.192. The zero-order chi connectivity index (χ0) is 17.8. The van der Waals surface area contributed by atoms with Crippen molar-refractivity contribution in [2.24, 2.45) is 11.5 Å². The Bertz CT molecular complexity index is 888. The van der Waals surface area contributed by atoms with Crippen LogP contribution < -0.4 is 21.5 Å². The number of aromatic nitrogens is 1. The average molecular weight is 358 g/mol. The number of rotatable bonds is 6. The summed E-state index contributed by atoms with van der Waals surface area (Å²) >= 11 is 1.18. The number of carbonyl (C=O) groups is 2. The van der Waals surface area contributed by atoms with Gasteiger partial charge in [0.25, 0.3) is 5.91 Å². The molecule has 0 aliphatic carbocycles. The Morgan fingerprint density at radius 1 is 1.28 bits per heavy atom. The van der Waals surface area contributed by atoms with E-state index in [1.54, 1.807) is 42.8 Å². The molecular formula is C16H14N4O4S. The predicted molar refractivity (Wildman–Crippen MR) is 92.3 cm³/mol. The number of nitrogens with one attached hydrogen (secondary N) is 1. The molecule has 25 heavy (non-hydrogen) atoms. The highest BCUT2D eigenvalue weighted by molar-refractivity contribution is 7.20. The number of anilines is 1. The van der Waals surface area contributed by atoms with Crippen LogP contribution in [0.4, 0.5) is 9.80 Å². The molecule has 5 N–H and O–H groups in total. The molecule has 0 bridgehead atoms. The van der Waals surface area contributed by atoms with Gasteiger partial charge in [-0.3, -0.25) is 10.1 Å². The number of furan rings is 1. The van der Waals surface area contributed by atoms with Gasteiger partial charge in [0.1, 0.15) is 17.4 Å². The topological polar surface area (TPSA) is 133 Å². The quantitative estimate of drug-likeness (QED) is 0.622. The molecule has 128 valence electrons. The molecule has 0 saturated heterocycles. The fraction of sp³-hybridized carbons (Fsp3) is 0.0625. The van der Waals surface area contributed by atoms with Gasteiger partial charge in [0.15, 0.2) is 0 Å². The van der Waals surface area contributed by atoms with Crippen LogP contribution in [0.15, 0.2) is 47.2 Å². The Balaban J connectivity index is 1.77. The van der Waals surface area contributed by atoms with Gasteiger partial charge in [-0.1, -0.05) is 0 Å². The van der Waals surface area contributed by atoms with E-state index < -0.39 is 11.9 Å². The lowest BCUT2D eigenvalue weighted by molar-refractivity contribution is 0.100. The van der Waals surface area contributed by atoms with Crippen molar-refractivity contribution in [3.63, 3.8) is 0 Å². The number of ether oxygens (including phenoxy) is 1. The fourth-order valence-electron chi connectivity index (χ4n) is 2.07. The standard InChI is InChI=1S/C16H14N4O4S/c17-14(21)11-6-12(25-15(11)20-16(18)22)9-3-4-13(19-7-9)24-8-10-2-1-5-23-10/h1-7H,8H2,(H2,17,21)(H3,18,20,22). The number of pyridine rings is 1. The SMILES string of the molecule is NC(=O)Nc1sc(-c2ccc(OCc3ccco3)nc2)cc1C(N)=O. The van der Waals surface area contributed by atoms with Gasteiger partial charge >= 0.3 is 6.03 Å². The zero-order valence-electron chi connectivity index (χ0n) is 12.9. The van der Waals surface area contributed by atoms with Gasteiger partial charge in [-0.25, -0.2) is 9.78 Å². The summed E-state index contributed by atoms with van der Waals surface area (Å²) in [6, 6.07) is 7.88. The molecule has 0 spiro atoms. The van der Waals surface area contributed by atoms with Crippen molar-refractivity contribution in [3.05, 3.63) is 54.1 Å². The van der Waals surface area contributed by atoms with Gasteiger partial charge in [0.05, 0.1) is 11.8 Å². The Morgan fingerprint density at radius 2 is 2.12 bits per heavy atom. The molecule has 0 aliphatic heterocycles. The molecule has 3 heterocycles. The van der Waals surface area contributed by atoms with Crippen LogP contribution in [-0.2, 0) is 6.61 Å². The molecule has 3 rings (SSSR count). The van der Waals surface area contributed by atoms with Crippen molar-refractivity contribution in [2.75, 3.05) is 5.32 Å². The third-order valence-corrected chi connectivity index (χ3v) is 4.30. The van der Waals surface area contributed by atoms with Crippen LogP contribution in [-0.4, -0.2) is 16.9 Å². The monoisotopic (exact) mass is 358 g/mol. The van der Waals surface area contributed by atoms with Gasteiger partial charge in [-0.2, -0.15) is 0 Å². The predicted octanol–water partition coefficient (Wildman–Crippen LogP) is 2.57. The van der Waals surface area contributed by atoms with Crippen molar-refractivity contribution < 1.29 is 18.7 Å². The van der Waals surface area contributed by atoms with Crippen LogP contribution in [0, 0.1) is 0 Å². The highest BCUT2D eigenvalue weighted by Gasteiger charge is 2.16. The molecule has 0 aliphatic rings. The summed E-state index contributed by atoms with van der Waals surface area (Å²) in [6.45, 7) is 0.275. The normalized spacial score (nSPS) is 10.4. The molecule has 0 radical (unpaired) electrons. The van der Waals surface area contributed by atoms with Crippen LogP contribution in [0.25, 0.3) is 10.4 Å². The summed E-state index contributed by atoms with van der Waals surface area (Å²) in [5.74, 6) is 0.470. The van der Waals surface area contributed by atoms with E-state index in [4.69, 9.17) is 20.6 Å². The molecule has 8 nitrogen and oxygen atoms in total. The van der Waals surface area contributed by atoms with Crippen LogP contribution in [0.3, 0.4) is 0 Å². The fourth-order valence-corrected chi connectivity index (χ4v) is 3.13. The molecule has 0 aromatic carbocycles. The zero-order valence-corrected chi connectivity index (χ0v) is 13.7. The van der Waals surface area contributed by atoms with Crippen molar-refractivity contribution in [2.45, 2.75) is 6.61 Å². The Labute approximate surface area is 146 Å². The average Bonchev–Trinajstić information content (AvgIpc) is 3.22. The number of primary amides is 2. The molecule has 0 atom stereocenters. The van der Waals surface area contributed by atoms with Gasteiger partial charge in [0.2, 0.25) is 5.88 Å². The summed E-state index contributed by atoms with van der Waals surface area (Å²) in [5, 5.41) is 2.69. The number of hydrogen-bond acceptors (Lipinski definition) is 6. The van der Waals surface area contributed by atoms with Crippen LogP contribution >= 0.6 is 11.3 Å². The molecule has 3 aromatic rings. The Kier molecular flexibility index (Phi) is 4.66. The van der Waals surface area contributed by atoms with E-state index in [-0.39, 0.29) is 12.2 Å². The summed E-state index contributed by atoms with van der Waals surface area (Å²) in [4.78, 5) is 27.4. The second-order valence-electron chi connectivity index (χ2n) is 4.96. The van der Waals surface area contributed by atoms with Gasteiger partial charge in [0, 0.05) is 22.7 Å². The Hall–Kier alpha value is -3.33. The molecule has 0 saturated carbocycles. The van der Waals surface area contributed by atoms with E-state index in [0.717, 1.165) is 5.56 Å². The first kappa shape index (κ1) is 16.5. The van der Waals surface area contributed by atoms with Crippen LogP contribution in [0.1, 0.15) is 16.1 Å². The van der Waals surface area contributed by atoms with E-state index >= 15 is 0 Å². The highest BCUT2D eigenvalue weighted by Crippen LogP contribution is 2.35. The molecule has 0 unspecified atom stereocenters. The number of nitrogens with zero attached hydrogens (tertiary/aromatic N) is 1. The van der Waals surface area contributed by atoms with E-state index in [1.165, 1.54) is 11.3 Å². The summed E-state index contributed by atoms with van der Waals surface area (Å²) in [5.41, 5.74) is 11.4. The number of carbonyl (C=O) groups excluding carboxylic acids is 2. The second kappa shape index (κ2) is 7.05. The maximum absolute atomic E-state index is 11.5. The van der Waals surface area contributed by atoms with Crippen LogP contribution in [0.5, 0.6) is 5.88 Å². The number of urea groups is 1. The molecule has 9 heteroatoms. The van der Waals surface area contributed by atoms with E-state index in [0.29, 0.717) is 21.5 Å². The molecule has 0 fully saturated rings. The van der Waals surface area contributed by atoms with Crippen LogP contribution in [0.2, 0.25) is 0 Å². The molecule has 3 aromatic heterocycles. The van der Waals surface area contributed by atoms with Crippen molar-refractivity contribution in [3.8, 4) is 16.3 Å². The second-order valence-corrected chi connectivity index (χ2v) is 6.01. The maximum atomic E-state index is 11.5. The van der Waals surface area contributed by atoms with Crippen molar-refractivity contribution in [1.29, 1.82) is 0 Å². The number of thiophene rings is 1. The smallest absolute Gasteiger partial charge is 0.317 e. The van der Waals surface area contributed by atoms with Gasteiger partial charge < -0.3 is 20.6 Å². The molecular weight excluding hydrogens is 344 g/mol. The lowest BCUT2D eigenvalue weighted by Crippen LogP contribution is -2.21. The van der Waals surface area contributed by atoms with E-state index in [2.05, 4.69) is 10.3 Å². The number of amides is 3. The first-order chi connectivity index (χ1) is 12.0. The number of nitrogens with two attached hydrogens (primary N) is 2. The third kappa shape index (κ3) is 3.96. The largest absolute Gasteiger partial charge is 0.469 e. The molecule has 3 amide bonds. The summed E-state index contributed by atoms with van der Waals surface area (Å²) in [7, 11) is 0.